The van der Waals surface area contributed by atoms with E-state index in [4.69, 9.17) is 4.43 Å². The molecule has 0 fully saturated rings. The fourth-order valence-electron chi connectivity index (χ4n) is 2.00. The second-order valence-corrected chi connectivity index (χ2v) is 17.1. The molecule has 1 rings (SSSR count). The van der Waals surface area contributed by atoms with Crippen molar-refractivity contribution in [3.05, 3.63) is 18.2 Å². The van der Waals surface area contributed by atoms with Crippen LogP contribution in [-0.2, 0) is 20.4 Å². The zero-order valence-electron chi connectivity index (χ0n) is 15.5. The van der Waals surface area contributed by atoms with E-state index >= 15 is 0 Å². The molecule has 24 heavy (non-hydrogen) atoms. The fourth-order valence-corrected chi connectivity index (χ4v) is 3.62. The highest BCUT2D eigenvalue weighted by Crippen LogP contribution is 2.08. The zero-order valence-corrected chi connectivity index (χ0v) is 17.5. The Kier molecular flexibility index (Phi) is 7.36. The van der Waals surface area contributed by atoms with Gasteiger partial charge in [-0.25, -0.2) is 4.98 Å². The molecule has 1 unspecified atom stereocenters. The maximum absolute atomic E-state index is 12.4. The van der Waals surface area contributed by atoms with Gasteiger partial charge in [0.05, 0.1) is 6.33 Å². The molecular formula is C15H30N4O3Si2. The first kappa shape index (κ1) is 20.6. The number of rotatable bonds is 9. The quantitative estimate of drug-likeness (QED) is 0.574. The van der Waals surface area contributed by atoms with Gasteiger partial charge in [-0.15, -0.1) is 0 Å². The van der Waals surface area contributed by atoms with E-state index in [0.717, 1.165) is 5.69 Å². The molecule has 3 N–H and O–H groups in total. The number of imidazole rings is 1. The molecule has 1 aromatic rings. The van der Waals surface area contributed by atoms with Crippen LogP contribution in [0.2, 0.25) is 39.3 Å². The minimum Gasteiger partial charge on any atom is -0.518 e. The molecule has 1 atom stereocenters. The summed E-state index contributed by atoms with van der Waals surface area (Å²) in [6, 6.07) is -0.698. The molecule has 9 heteroatoms. The number of amides is 1. The van der Waals surface area contributed by atoms with E-state index in [1.807, 2.05) is 19.6 Å². The van der Waals surface area contributed by atoms with E-state index in [0.29, 0.717) is 19.4 Å². The van der Waals surface area contributed by atoms with Gasteiger partial charge < -0.3 is 19.7 Å². The predicted molar refractivity (Wildman–Crippen MR) is 99.6 cm³/mol. The number of nitrogens with one attached hydrogen (secondary N) is 3. The van der Waals surface area contributed by atoms with Crippen LogP contribution in [0.5, 0.6) is 0 Å². The lowest BCUT2D eigenvalue weighted by molar-refractivity contribution is -0.140. The smallest absolute Gasteiger partial charge is 0.315 e. The average Bonchev–Trinajstić information content (AvgIpc) is 2.87. The number of nitrogens with zero attached hydrogens (tertiary/aromatic N) is 1. The highest BCUT2D eigenvalue weighted by molar-refractivity contribution is 6.73. The average molecular weight is 371 g/mol. The molecule has 0 aromatic carbocycles. The Hall–Kier alpha value is -1.46. The van der Waals surface area contributed by atoms with Crippen LogP contribution in [0.3, 0.4) is 0 Å². The molecule has 0 aliphatic heterocycles. The Morgan fingerprint density at radius 2 is 1.92 bits per heavy atom. The van der Waals surface area contributed by atoms with Crippen LogP contribution in [0.25, 0.3) is 0 Å². The van der Waals surface area contributed by atoms with Crippen LogP contribution in [0.4, 0.5) is 0 Å². The second kappa shape index (κ2) is 8.59. The summed E-state index contributed by atoms with van der Waals surface area (Å²) < 4.78 is 5.55. The summed E-state index contributed by atoms with van der Waals surface area (Å²) in [5.74, 6) is -0.534. The molecule has 0 aliphatic carbocycles. The number of aromatic nitrogens is 2. The van der Waals surface area contributed by atoms with Crippen molar-refractivity contribution in [2.45, 2.75) is 58.2 Å². The summed E-state index contributed by atoms with van der Waals surface area (Å²) in [6.07, 6.45) is 3.88. The van der Waals surface area contributed by atoms with Gasteiger partial charge in [0.1, 0.15) is 14.3 Å². The highest BCUT2D eigenvalue weighted by atomic mass is 28.4. The summed E-state index contributed by atoms with van der Waals surface area (Å²) in [5, 5.41) is 2.80. The number of carbonyl (C=O) groups is 2. The van der Waals surface area contributed by atoms with Crippen molar-refractivity contribution in [1.82, 2.24) is 20.3 Å². The van der Waals surface area contributed by atoms with Crippen LogP contribution >= 0.6 is 0 Å². The predicted octanol–water partition coefficient (Wildman–Crippen LogP) is 1.63. The van der Waals surface area contributed by atoms with E-state index in [1.165, 1.54) is 0 Å². The second-order valence-electron chi connectivity index (χ2n) is 7.86. The van der Waals surface area contributed by atoms with Crippen LogP contribution in [0.15, 0.2) is 12.5 Å². The van der Waals surface area contributed by atoms with Crippen molar-refractivity contribution in [1.29, 1.82) is 0 Å². The van der Waals surface area contributed by atoms with Gasteiger partial charge in [0.25, 0.3) is 0 Å². The van der Waals surface area contributed by atoms with Crippen LogP contribution in [0, 0.1) is 0 Å². The van der Waals surface area contributed by atoms with Gasteiger partial charge >= 0.3 is 5.97 Å². The Morgan fingerprint density at radius 1 is 1.25 bits per heavy atom. The van der Waals surface area contributed by atoms with Crippen LogP contribution < -0.4 is 10.3 Å². The lowest BCUT2D eigenvalue weighted by Gasteiger charge is -2.23. The first-order chi connectivity index (χ1) is 11.0. The van der Waals surface area contributed by atoms with Crippen molar-refractivity contribution in [3.63, 3.8) is 0 Å². The summed E-state index contributed by atoms with van der Waals surface area (Å²) in [7, 11) is -3.42. The number of aromatic amines is 1. The molecule has 0 bridgehead atoms. The fraction of sp³-hybridized carbons (Fsp3) is 0.667. The van der Waals surface area contributed by atoms with E-state index < -0.39 is 22.6 Å². The molecule has 7 nitrogen and oxygen atoms in total. The van der Waals surface area contributed by atoms with E-state index in [2.05, 4.69) is 39.9 Å². The normalized spacial score (nSPS) is 13.4. The summed E-state index contributed by atoms with van der Waals surface area (Å²) >= 11 is 0. The molecule has 1 heterocycles. The molecule has 1 aromatic heterocycles. The van der Waals surface area contributed by atoms with Gasteiger partial charge in [-0.1, -0.05) is 19.6 Å². The van der Waals surface area contributed by atoms with Crippen molar-refractivity contribution in [2.24, 2.45) is 0 Å². The van der Waals surface area contributed by atoms with Gasteiger partial charge in [0, 0.05) is 24.7 Å². The molecule has 1 amide bonds. The Labute approximate surface area is 146 Å². The van der Waals surface area contributed by atoms with Crippen molar-refractivity contribution in [3.8, 4) is 0 Å². The third-order valence-corrected chi connectivity index (χ3v) is 5.14. The SMILES string of the molecule is C[Si](C)(C)NCCC(=O)NC(Cc1cnc[nH]1)C(=O)O[Si](C)(C)C. The van der Waals surface area contributed by atoms with Gasteiger partial charge in [-0.3, -0.25) is 9.59 Å². The molecule has 0 saturated heterocycles. The van der Waals surface area contributed by atoms with Gasteiger partial charge in [0.15, 0.2) is 0 Å². The molecule has 0 spiro atoms. The van der Waals surface area contributed by atoms with Crippen LogP contribution in [0.1, 0.15) is 12.1 Å². The third-order valence-electron chi connectivity index (χ3n) is 3.01. The maximum atomic E-state index is 12.4. The number of H-pyrrole nitrogens is 1. The number of hydrogen-bond donors (Lipinski definition) is 3. The third kappa shape index (κ3) is 8.99. The summed E-state index contributed by atoms with van der Waals surface area (Å²) in [6.45, 7) is 13.0. The molecular weight excluding hydrogens is 340 g/mol. The molecule has 0 saturated carbocycles. The van der Waals surface area contributed by atoms with E-state index in [-0.39, 0.29) is 11.9 Å². The largest absolute Gasteiger partial charge is 0.518 e. The summed E-state index contributed by atoms with van der Waals surface area (Å²) in [4.78, 5) is 34.9. The maximum Gasteiger partial charge on any atom is 0.315 e. The van der Waals surface area contributed by atoms with Crippen molar-refractivity contribution in [2.75, 3.05) is 6.54 Å². The topological polar surface area (TPSA) is 96.1 Å². The first-order valence-corrected chi connectivity index (χ1v) is 15.1. The lowest BCUT2D eigenvalue weighted by atomic mass is 10.1. The van der Waals surface area contributed by atoms with Gasteiger partial charge in [0.2, 0.25) is 14.2 Å². The summed E-state index contributed by atoms with van der Waals surface area (Å²) in [5.41, 5.74) is 0.785. The molecule has 136 valence electrons. The van der Waals surface area contributed by atoms with Gasteiger partial charge in [-0.05, 0) is 26.2 Å². The van der Waals surface area contributed by atoms with Crippen molar-refractivity contribution < 1.29 is 14.0 Å². The minimum atomic E-state index is -2.02. The lowest BCUT2D eigenvalue weighted by Crippen LogP contribution is -2.48. The Balaban J connectivity index is 2.64. The monoisotopic (exact) mass is 370 g/mol. The Bertz CT molecular complexity index is 536. The van der Waals surface area contributed by atoms with Gasteiger partial charge in [-0.2, -0.15) is 0 Å². The minimum absolute atomic E-state index is 0.155. The number of hydrogen-bond acceptors (Lipinski definition) is 5. The van der Waals surface area contributed by atoms with Crippen molar-refractivity contribution >= 4 is 28.4 Å². The first-order valence-electron chi connectivity index (χ1n) is 8.21. The van der Waals surface area contributed by atoms with E-state index in [1.54, 1.807) is 12.5 Å². The Morgan fingerprint density at radius 3 is 2.42 bits per heavy atom. The number of carbonyl (C=O) groups excluding carboxylic acids is 2. The molecule has 0 aliphatic rings. The highest BCUT2D eigenvalue weighted by Gasteiger charge is 2.28. The van der Waals surface area contributed by atoms with E-state index in [9.17, 15) is 9.59 Å². The zero-order chi connectivity index (χ0) is 18.4. The van der Waals surface area contributed by atoms with Crippen LogP contribution in [-0.4, -0.2) is 51.0 Å². The standard InChI is InChI=1S/C15H30N4O3Si2/c1-23(2,3)18-8-7-14(20)19-13(9-12-10-16-11-17-12)15(21)22-24(4,5)6/h10-11,13,18H,7-9H2,1-6H3,(H,16,17)(H,19,20). The molecule has 0 radical (unpaired) electrons.